The van der Waals surface area contributed by atoms with Crippen LogP contribution in [0.4, 0.5) is 11.5 Å². The molecule has 1 aliphatic rings. The molecule has 1 aliphatic heterocycles. The number of pyridine rings is 1. The first-order chi connectivity index (χ1) is 8.87. The molecule has 0 aromatic carbocycles. The third kappa shape index (κ3) is 3.44. The molecule has 1 amide bonds. The minimum atomic E-state index is -2.90. The quantitative estimate of drug-likeness (QED) is 0.881. The number of carbonyl (C=O) groups is 1. The van der Waals surface area contributed by atoms with E-state index in [0.717, 1.165) is 0 Å². The number of anilines is 2. The number of hydrogen-bond donors (Lipinski definition) is 1. The van der Waals surface area contributed by atoms with Gasteiger partial charge in [0.25, 0.3) is 0 Å². The second-order valence-corrected chi connectivity index (χ2v) is 6.98. The van der Waals surface area contributed by atoms with Gasteiger partial charge in [-0.3, -0.25) is 4.79 Å². The van der Waals surface area contributed by atoms with Crippen LogP contribution in [0.2, 0.25) is 0 Å². The highest BCUT2D eigenvalue weighted by Crippen LogP contribution is 2.22. The zero-order valence-electron chi connectivity index (χ0n) is 11.0. The van der Waals surface area contributed by atoms with Crippen molar-refractivity contribution in [2.75, 3.05) is 28.8 Å². The summed E-state index contributed by atoms with van der Waals surface area (Å²) in [5, 5.41) is 2.64. The van der Waals surface area contributed by atoms with Crippen molar-refractivity contribution in [2.24, 2.45) is 0 Å². The first-order valence-corrected chi connectivity index (χ1v) is 7.86. The summed E-state index contributed by atoms with van der Waals surface area (Å²) >= 11 is 0. The molecule has 0 spiro atoms. The van der Waals surface area contributed by atoms with Crippen LogP contribution in [0.15, 0.2) is 18.3 Å². The molecule has 0 saturated carbocycles. The predicted molar refractivity (Wildman–Crippen MR) is 74.0 cm³/mol. The van der Waals surface area contributed by atoms with Crippen molar-refractivity contribution in [2.45, 2.75) is 19.4 Å². The van der Waals surface area contributed by atoms with Gasteiger partial charge in [-0.15, -0.1) is 0 Å². The van der Waals surface area contributed by atoms with E-state index in [1.165, 1.54) is 6.92 Å². The fourth-order valence-electron chi connectivity index (χ4n) is 2.14. The van der Waals surface area contributed by atoms with E-state index in [2.05, 4.69) is 10.3 Å². The molecule has 1 fully saturated rings. The fourth-order valence-corrected chi connectivity index (χ4v) is 3.91. The Balaban J connectivity index is 2.08. The Morgan fingerprint density at radius 3 is 2.68 bits per heavy atom. The highest BCUT2D eigenvalue weighted by molar-refractivity contribution is 7.91. The first kappa shape index (κ1) is 13.8. The molecule has 0 radical (unpaired) electrons. The molecule has 19 heavy (non-hydrogen) atoms. The zero-order valence-corrected chi connectivity index (χ0v) is 11.8. The standard InChI is InChI=1S/C12H17N3O3S/c1-9(16)14-10-3-4-12(13-7-10)15(2)11-5-6-19(17,18)8-11/h3-4,7,11H,5-6,8H2,1-2H3,(H,14,16). The van der Waals surface area contributed by atoms with Gasteiger partial charge in [0, 0.05) is 20.0 Å². The van der Waals surface area contributed by atoms with Gasteiger partial charge in [0.05, 0.1) is 23.4 Å². The Morgan fingerprint density at radius 2 is 2.21 bits per heavy atom. The third-order valence-electron chi connectivity index (χ3n) is 3.19. The Labute approximate surface area is 112 Å². The summed E-state index contributed by atoms with van der Waals surface area (Å²) in [6.07, 6.45) is 2.20. The maximum absolute atomic E-state index is 11.5. The molecular formula is C12H17N3O3S. The summed E-state index contributed by atoms with van der Waals surface area (Å²) in [6, 6.07) is 3.50. The Morgan fingerprint density at radius 1 is 1.47 bits per heavy atom. The molecule has 104 valence electrons. The van der Waals surface area contributed by atoms with E-state index in [0.29, 0.717) is 17.9 Å². The molecule has 6 nitrogen and oxygen atoms in total. The van der Waals surface area contributed by atoms with Gasteiger partial charge in [-0.05, 0) is 18.6 Å². The summed E-state index contributed by atoms with van der Waals surface area (Å²) in [7, 11) is -1.06. The Kier molecular flexibility index (Phi) is 3.75. The molecule has 0 aliphatic carbocycles. The van der Waals surface area contributed by atoms with Crippen molar-refractivity contribution in [1.29, 1.82) is 0 Å². The predicted octanol–water partition coefficient (Wildman–Crippen LogP) is 0.663. The number of nitrogens with zero attached hydrogens (tertiary/aromatic N) is 2. The van der Waals surface area contributed by atoms with Crippen LogP contribution in [0.3, 0.4) is 0 Å². The first-order valence-electron chi connectivity index (χ1n) is 6.04. The molecular weight excluding hydrogens is 266 g/mol. The maximum Gasteiger partial charge on any atom is 0.221 e. The molecule has 1 saturated heterocycles. The highest BCUT2D eigenvalue weighted by atomic mass is 32.2. The van der Waals surface area contributed by atoms with Gasteiger partial charge in [-0.1, -0.05) is 0 Å². The van der Waals surface area contributed by atoms with E-state index >= 15 is 0 Å². The largest absolute Gasteiger partial charge is 0.356 e. The number of nitrogens with one attached hydrogen (secondary N) is 1. The lowest BCUT2D eigenvalue weighted by Crippen LogP contribution is -2.33. The minimum Gasteiger partial charge on any atom is -0.356 e. The van der Waals surface area contributed by atoms with Gasteiger partial charge in [0.1, 0.15) is 5.82 Å². The van der Waals surface area contributed by atoms with Crippen molar-refractivity contribution in [3.63, 3.8) is 0 Å². The van der Waals surface area contributed by atoms with E-state index in [-0.39, 0.29) is 23.5 Å². The van der Waals surface area contributed by atoms with Gasteiger partial charge in [0.2, 0.25) is 5.91 Å². The Bertz CT molecular complexity index is 568. The van der Waals surface area contributed by atoms with Crippen LogP contribution in [0.25, 0.3) is 0 Å². The van der Waals surface area contributed by atoms with Gasteiger partial charge in [-0.2, -0.15) is 0 Å². The van der Waals surface area contributed by atoms with Crippen LogP contribution in [-0.2, 0) is 14.6 Å². The van der Waals surface area contributed by atoms with E-state index in [1.807, 2.05) is 11.9 Å². The third-order valence-corrected chi connectivity index (χ3v) is 4.94. The average molecular weight is 283 g/mol. The van der Waals surface area contributed by atoms with Crippen molar-refractivity contribution < 1.29 is 13.2 Å². The summed E-state index contributed by atoms with van der Waals surface area (Å²) in [5.41, 5.74) is 0.628. The van der Waals surface area contributed by atoms with Crippen LogP contribution in [0.5, 0.6) is 0 Å². The molecule has 2 rings (SSSR count). The van der Waals surface area contributed by atoms with Gasteiger partial charge in [-0.25, -0.2) is 13.4 Å². The van der Waals surface area contributed by atoms with Crippen molar-refractivity contribution in [3.8, 4) is 0 Å². The van der Waals surface area contributed by atoms with E-state index in [1.54, 1.807) is 18.3 Å². The Hall–Kier alpha value is -1.63. The average Bonchev–Trinajstić information content (AvgIpc) is 2.69. The minimum absolute atomic E-state index is 0.0240. The molecule has 1 aromatic heterocycles. The lowest BCUT2D eigenvalue weighted by molar-refractivity contribution is -0.114. The molecule has 1 N–H and O–H groups in total. The number of sulfone groups is 1. The smallest absolute Gasteiger partial charge is 0.221 e. The van der Waals surface area contributed by atoms with Crippen LogP contribution < -0.4 is 10.2 Å². The number of carbonyl (C=O) groups excluding carboxylic acids is 1. The van der Waals surface area contributed by atoms with Crippen molar-refractivity contribution in [1.82, 2.24) is 4.98 Å². The lowest BCUT2D eigenvalue weighted by atomic mass is 10.2. The molecule has 1 atom stereocenters. The van der Waals surface area contributed by atoms with Gasteiger partial charge >= 0.3 is 0 Å². The molecule has 2 heterocycles. The molecule has 1 aromatic rings. The van der Waals surface area contributed by atoms with Crippen LogP contribution in [-0.4, -0.2) is 43.9 Å². The fraction of sp³-hybridized carbons (Fsp3) is 0.500. The number of amides is 1. The monoisotopic (exact) mass is 283 g/mol. The van der Waals surface area contributed by atoms with Gasteiger partial charge < -0.3 is 10.2 Å². The van der Waals surface area contributed by atoms with Crippen LogP contribution >= 0.6 is 0 Å². The lowest BCUT2D eigenvalue weighted by Gasteiger charge is -2.24. The zero-order chi connectivity index (χ0) is 14.0. The van der Waals surface area contributed by atoms with Crippen LogP contribution in [0.1, 0.15) is 13.3 Å². The van der Waals surface area contributed by atoms with E-state index in [9.17, 15) is 13.2 Å². The summed E-state index contributed by atoms with van der Waals surface area (Å²) in [5.74, 6) is 0.978. The maximum atomic E-state index is 11.5. The second kappa shape index (κ2) is 5.16. The SMILES string of the molecule is CC(=O)Nc1ccc(N(C)C2CCS(=O)(=O)C2)nc1. The van der Waals surface area contributed by atoms with Crippen molar-refractivity contribution >= 4 is 27.2 Å². The topological polar surface area (TPSA) is 79.4 Å². The molecule has 7 heteroatoms. The van der Waals surface area contributed by atoms with Gasteiger partial charge in [0.15, 0.2) is 9.84 Å². The second-order valence-electron chi connectivity index (χ2n) is 4.75. The molecule has 1 unspecified atom stereocenters. The normalized spacial score (nSPS) is 21.1. The van der Waals surface area contributed by atoms with Crippen molar-refractivity contribution in [3.05, 3.63) is 18.3 Å². The summed E-state index contributed by atoms with van der Waals surface area (Å²) in [6.45, 7) is 1.43. The summed E-state index contributed by atoms with van der Waals surface area (Å²) in [4.78, 5) is 17.0. The van der Waals surface area contributed by atoms with Crippen LogP contribution in [0, 0.1) is 0 Å². The molecule has 0 bridgehead atoms. The van der Waals surface area contributed by atoms with E-state index < -0.39 is 9.84 Å². The number of rotatable bonds is 3. The number of hydrogen-bond acceptors (Lipinski definition) is 5. The highest BCUT2D eigenvalue weighted by Gasteiger charge is 2.31. The van der Waals surface area contributed by atoms with E-state index in [4.69, 9.17) is 0 Å². The summed E-state index contributed by atoms with van der Waals surface area (Å²) < 4.78 is 22.9. The number of aromatic nitrogens is 1.